The van der Waals surface area contributed by atoms with Gasteiger partial charge in [-0.1, -0.05) is 0 Å². The molecule has 24 heavy (non-hydrogen) atoms. The van der Waals surface area contributed by atoms with Crippen LogP contribution in [0.2, 0.25) is 0 Å². The number of piperazine rings is 1. The average molecular weight is 330 g/mol. The number of ether oxygens (including phenoxy) is 1. The van der Waals surface area contributed by atoms with Crippen molar-refractivity contribution in [3.05, 3.63) is 29.8 Å². The highest BCUT2D eigenvalue weighted by molar-refractivity contribution is 5.64. The maximum absolute atomic E-state index is 11.1. The number of nitriles is 1. The van der Waals surface area contributed by atoms with E-state index in [1.807, 2.05) is 0 Å². The Kier molecular flexibility index (Phi) is 5.18. The lowest BCUT2D eigenvalue weighted by Crippen LogP contribution is -2.57. The topological polar surface area (TPSA) is 97.6 Å². The summed E-state index contributed by atoms with van der Waals surface area (Å²) in [5.41, 5.74) is 0.569. The van der Waals surface area contributed by atoms with Crippen molar-refractivity contribution in [2.45, 2.75) is 31.0 Å². The first-order valence-corrected chi connectivity index (χ1v) is 8.24. The molecule has 2 unspecified atom stereocenters. The van der Waals surface area contributed by atoms with Gasteiger partial charge in [0.05, 0.1) is 17.7 Å². The van der Waals surface area contributed by atoms with Crippen molar-refractivity contribution in [2.24, 2.45) is 0 Å². The largest absolute Gasteiger partial charge is 0.491 e. The molecule has 1 aromatic carbocycles. The van der Waals surface area contributed by atoms with E-state index in [1.165, 1.54) is 0 Å². The van der Waals surface area contributed by atoms with Gasteiger partial charge in [0.1, 0.15) is 12.4 Å². The van der Waals surface area contributed by atoms with Gasteiger partial charge < -0.3 is 20.5 Å². The van der Waals surface area contributed by atoms with Crippen LogP contribution in [-0.4, -0.2) is 60.5 Å². The summed E-state index contributed by atoms with van der Waals surface area (Å²) in [5.74, 6) is 0.634. The standard InChI is InChI=1S/C17H22N4O3/c18-7-12-1-5-16(6-2-12)24-11-13(20-17(22)23)10-21-14-3-4-15(21)9-19-8-14/h1-2,5-6,13-15,19-20H,3-4,8-11H2,(H,22,23)/t13-,14?,15?/m0/s1. The predicted molar refractivity (Wildman–Crippen MR) is 88.0 cm³/mol. The van der Waals surface area contributed by atoms with E-state index in [0.717, 1.165) is 25.9 Å². The highest BCUT2D eigenvalue weighted by atomic mass is 16.5. The lowest BCUT2D eigenvalue weighted by atomic mass is 10.1. The van der Waals surface area contributed by atoms with Gasteiger partial charge in [-0.05, 0) is 37.1 Å². The van der Waals surface area contributed by atoms with E-state index >= 15 is 0 Å². The van der Waals surface area contributed by atoms with Crippen LogP contribution in [0.4, 0.5) is 4.79 Å². The Morgan fingerprint density at radius 2 is 2.04 bits per heavy atom. The van der Waals surface area contributed by atoms with Gasteiger partial charge in [-0.2, -0.15) is 5.26 Å². The summed E-state index contributed by atoms with van der Waals surface area (Å²) in [5, 5.41) is 23.9. The third kappa shape index (κ3) is 3.96. The van der Waals surface area contributed by atoms with Crippen LogP contribution in [0.25, 0.3) is 0 Å². The molecule has 7 nitrogen and oxygen atoms in total. The van der Waals surface area contributed by atoms with Gasteiger partial charge in [-0.15, -0.1) is 0 Å². The van der Waals surface area contributed by atoms with Gasteiger partial charge in [0.25, 0.3) is 0 Å². The third-order valence-electron chi connectivity index (χ3n) is 4.72. The highest BCUT2D eigenvalue weighted by Gasteiger charge is 2.37. The number of benzene rings is 1. The van der Waals surface area contributed by atoms with Crippen molar-refractivity contribution in [3.63, 3.8) is 0 Å². The Morgan fingerprint density at radius 1 is 1.38 bits per heavy atom. The number of carboxylic acid groups (broad SMARTS) is 1. The molecule has 1 amide bonds. The summed E-state index contributed by atoms with van der Waals surface area (Å²) in [7, 11) is 0. The van der Waals surface area contributed by atoms with E-state index in [-0.39, 0.29) is 12.6 Å². The van der Waals surface area contributed by atoms with Gasteiger partial charge in [0, 0.05) is 31.7 Å². The molecular weight excluding hydrogens is 308 g/mol. The normalized spacial score (nSPS) is 24.1. The maximum Gasteiger partial charge on any atom is 0.405 e. The maximum atomic E-state index is 11.1. The molecule has 2 fully saturated rings. The van der Waals surface area contributed by atoms with E-state index in [1.54, 1.807) is 24.3 Å². The second-order valence-electron chi connectivity index (χ2n) is 6.33. The molecule has 0 spiro atoms. The molecule has 0 aromatic heterocycles. The summed E-state index contributed by atoms with van der Waals surface area (Å²) < 4.78 is 5.72. The molecule has 2 saturated heterocycles. The van der Waals surface area contributed by atoms with Crippen LogP contribution in [0.3, 0.4) is 0 Å². The number of nitrogens with one attached hydrogen (secondary N) is 2. The molecule has 0 saturated carbocycles. The molecule has 7 heteroatoms. The Labute approximate surface area is 141 Å². The van der Waals surface area contributed by atoms with E-state index in [0.29, 0.717) is 29.9 Å². The minimum atomic E-state index is -1.04. The average Bonchev–Trinajstić information content (AvgIpc) is 2.80. The Bertz CT molecular complexity index is 597. The molecule has 2 heterocycles. The van der Waals surface area contributed by atoms with Crippen LogP contribution in [0.15, 0.2) is 24.3 Å². The smallest absolute Gasteiger partial charge is 0.405 e. The molecule has 3 N–H and O–H groups in total. The van der Waals surface area contributed by atoms with Gasteiger partial charge in [0.15, 0.2) is 0 Å². The molecule has 2 aliphatic rings. The van der Waals surface area contributed by atoms with Gasteiger partial charge in [0.2, 0.25) is 0 Å². The summed E-state index contributed by atoms with van der Waals surface area (Å²) >= 11 is 0. The number of rotatable bonds is 6. The quantitative estimate of drug-likeness (QED) is 0.720. The van der Waals surface area contributed by atoms with E-state index in [9.17, 15) is 4.79 Å². The van der Waals surface area contributed by atoms with Crippen LogP contribution in [0.5, 0.6) is 5.75 Å². The lowest BCUT2D eigenvalue weighted by Gasteiger charge is -2.37. The Hall–Kier alpha value is -2.30. The fraction of sp³-hybridized carbons (Fsp3) is 0.529. The zero-order valence-electron chi connectivity index (χ0n) is 13.4. The number of carbonyl (C=O) groups is 1. The summed E-state index contributed by atoms with van der Waals surface area (Å²) in [6.07, 6.45) is 1.29. The minimum absolute atomic E-state index is 0.265. The van der Waals surface area contributed by atoms with Crippen LogP contribution in [-0.2, 0) is 0 Å². The molecule has 0 aliphatic carbocycles. The first-order chi connectivity index (χ1) is 11.7. The van der Waals surface area contributed by atoms with Gasteiger partial charge in [-0.3, -0.25) is 4.90 Å². The van der Waals surface area contributed by atoms with Crippen molar-refractivity contribution in [1.29, 1.82) is 5.26 Å². The number of hydrogen-bond donors (Lipinski definition) is 3. The van der Waals surface area contributed by atoms with Crippen molar-refractivity contribution in [3.8, 4) is 11.8 Å². The second-order valence-corrected chi connectivity index (χ2v) is 6.33. The first-order valence-electron chi connectivity index (χ1n) is 8.24. The molecule has 2 bridgehead atoms. The molecule has 3 rings (SSSR count). The van der Waals surface area contributed by atoms with Crippen LogP contribution in [0, 0.1) is 11.3 Å². The van der Waals surface area contributed by atoms with Crippen LogP contribution < -0.4 is 15.4 Å². The van der Waals surface area contributed by atoms with Crippen molar-refractivity contribution in [2.75, 3.05) is 26.2 Å². The van der Waals surface area contributed by atoms with E-state index in [2.05, 4.69) is 21.6 Å². The van der Waals surface area contributed by atoms with Gasteiger partial charge >= 0.3 is 6.09 Å². The molecule has 1 aromatic rings. The Morgan fingerprint density at radius 3 is 2.62 bits per heavy atom. The number of fused-ring (bicyclic) bond motifs is 2. The zero-order chi connectivity index (χ0) is 16.9. The minimum Gasteiger partial charge on any atom is -0.491 e. The SMILES string of the molecule is N#Cc1ccc(OC[C@H](CN2C3CCC2CNC3)NC(=O)O)cc1. The van der Waals surface area contributed by atoms with Crippen LogP contribution in [0.1, 0.15) is 18.4 Å². The molecule has 3 atom stereocenters. The second kappa shape index (κ2) is 7.51. The lowest BCUT2D eigenvalue weighted by molar-refractivity contribution is 0.117. The van der Waals surface area contributed by atoms with Crippen molar-refractivity contribution in [1.82, 2.24) is 15.5 Å². The summed E-state index contributed by atoms with van der Waals surface area (Å²) in [4.78, 5) is 13.5. The van der Waals surface area contributed by atoms with Crippen LogP contribution >= 0.6 is 0 Å². The summed E-state index contributed by atoms with van der Waals surface area (Å²) in [6, 6.07) is 9.56. The molecule has 2 aliphatic heterocycles. The summed E-state index contributed by atoms with van der Waals surface area (Å²) in [6.45, 7) is 2.85. The van der Waals surface area contributed by atoms with Crippen molar-refractivity contribution >= 4 is 6.09 Å². The monoisotopic (exact) mass is 330 g/mol. The number of nitrogens with zero attached hydrogens (tertiary/aromatic N) is 2. The molecule has 0 radical (unpaired) electrons. The number of hydrogen-bond acceptors (Lipinski definition) is 5. The molecule has 128 valence electrons. The third-order valence-corrected chi connectivity index (χ3v) is 4.72. The van der Waals surface area contributed by atoms with Crippen molar-refractivity contribution < 1.29 is 14.6 Å². The highest BCUT2D eigenvalue weighted by Crippen LogP contribution is 2.26. The number of amides is 1. The Balaban J connectivity index is 1.59. The fourth-order valence-corrected chi connectivity index (χ4v) is 3.56. The van der Waals surface area contributed by atoms with E-state index in [4.69, 9.17) is 15.1 Å². The van der Waals surface area contributed by atoms with Gasteiger partial charge in [-0.25, -0.2) is 4.79 Å². The fourth-order valence-electron chi connectivity index (χ4n) is 3.56. The predicted octanol–water partition coefficient (Wildman–Crippen LogP) is 1.01. The molecular formula is C17H22N4O3. The van der Waals surface area contributed by atoms with E-state index < -0.39 is 6.09 Å². The zero-order valence-corrected chi connectivity index (χ0v) is 13.4. The first kappa shape index (κ1) is 16.6.